The van der Waals surface area contributed by atoms with E-state index in [0.717, 1.165) is 0 Å². The first kappa shape index (κ1) is 11.8. The third-order valence-corrected chi connectivity index (χ3v) is 2.65. The highest BCUT2D eigenvalue weighted by Gasteiger charge is 2.17. The molecular weight excluding hydrogens is 222 g/mol. The van der Waals surface area contributed by atoms with Gasteiger partial charge in [-0.25, -0.2) is 14.8 Å². The van der Waals surface area contributed by atoms with E-state index in [1.165, 1.54) is 0 Å². The van der Waals surface area contributed by atoms with Crippen LogP contribution in [-0.2, 0) is 4.74 Å². The van der Waals surface area contributed by atoms with Crippen LogP contribution in [0.3, 0.4) is 0 Å². The summed E-state index contributed by atoms with van der Waals surface area (Å²) in [5.41, 5.74) is 3.95. The fourth-order valence-electron chi connectivity index (χ4n) is 1.74. The van der Waals surface area contributed by atoms with E-state index >= 15 is 0 Å². The number of aryl methyl sites for hydroxylation is 1. The Kier molecular flexibility index (Phi) is 3.55. The molecule has 1 saturated heterocycles. The Hall–Kier alpha value is -1.66. The molecule has 1 fully saturated rings. The molecular formula is C11H15N3O3. The van der Waals surface area contributed by atoms with Crippen molar-refractivity contribution in [2.75, 3.05) is 31.7 Å². The van der Waals surface area contributed by atoms with Gasteiger partial charge in [-0.2, -0.15) is 0 Å². The van der Waals surface area contributed by atoms with Gasteiger partial charge in [0.15, 0.2) is 5.82 Å². The van der Waals surface area contributed by atoms with E-state index in [-0.39, 0.29) is 5.56 Å². The number of nitrogens with one attached hydrogen (secondary N) is 1. The van der Waals surface area contributed by atoms with Crippen molar-refractivity contribution in [2.24, 2.45) is 0 Å². The van der Waals surface area contributed by atoms with Gasteiger partial charge >= 0.3 is 5.97 Å². The quantitative estimate of drug-likeness (QED) is 0.808. The first-order valence-electron chi connectivity index (χ1n) is 5.46. The Morgan fingerprint density at radius 2 is 2.24 bits per heavy atom. The summed E-state index contributed by atoms with van der Waals surface area (Å²) in [7, 11) is 0. The molecule has 0 radical (unpaired) electrons. The lowest BCUT2D eigenvalue weighted by Gasteiger charge is -2.28. The monoisotopic (exact) mass is 237 g/mol. The van der Waals surface area contributed by atoms with Crippen LogP contribution in [0, 0.1) is 6.92 Å². The Balaban J connectivity index is 2.19. The van der Waals surface area contributed by atoms with Gasteiger partial charge in [0.25, 0.3) is 0 Å². The summed E-state index contributed by atoms with van der Waals surface area (Å²) in [5, 5.41) is 11.1. The number of rotatable bonds is 3. The SMILES string of the molecule is Cc1ccnc(NN2CCOCC2)c1C(=O)O. The summed E-state index contributed by atoms with van der Waals surface area (Å²) >= 11 is 0. The van der Waals surface area contributed by atoms with E-state index in [4.69, 9.17) is 9.84 Å². The first-order chi connectivity index (χ1) is 8.18. The highest BCUT2D eigenvalue weighted by molar-refractivity contribution is 5.94. The van der Waals surface area contributed by atoms with E-state index in [0.29, 0.717) is 37.7 Å². The van der Waals surface area contributed by atoms with Crippen LogP contribution < -0.4 is 5.43 Å². The lowest BCUT2D eigenvalue weighted by molar-refractivity contribution is 0.0493. The molecule has 1 aliphatic rings. The zero-order chi connectivity index (χ0) is 12.3. The van der Waals surface area contributed by atoms with Crippen molar-refractivity contribution >= 4 is 11.8 Å². The Bertz CT molecular complexity index is 416. The molecule has 0 unspecified atom stereocenters. The van der Waals surface area contributed by atoms with Gasteiger partial charge in [-0.1, -0.05) is 0 Å². The van der Waals surface area contributed by atoms with Gasteiger partial charge in [-0.05, 0) is 18.6 Å². The van der Waals surface area contributed by atoms with Gasteiger partial charge in [0, 0.05) is 19.3 Å². The minimum absolute atomic E-state index is 0.221. The van der Waals surface area contributed by atoms with Gasteiger partial charge in [0.1, 0.15) is 5.56 Å². The number of aromatic nitrogens is 1. The van der Waals surface area contributed by atoms with Crippen LogP contribution in [-0.4, -0.2) is 47.4 Å². The molecule has 0 spiro atoms. The predicted molar refractivity (Wildman–Crippen MR) is 61.9 cm³/mol. The first-order valence-corrected chi connectivity index (χ1v) is 5.46. The molecule has 0 aliphatic carbocycles. The zero-order valence-corrected chi connectivity index (χ0v) is 9.64. The topological polar surface area (TPSA) is 74.7 Å². The number of morpholine rings is 1. The van der Waals surface area contributed by atoms with Crippen molar-refractivity contribution in [3.63, 3.8) is 0 Å². The maximum Gasteiger partial charge on any atom is 0.339 e. The van der Waals surface area contributed by atoms with Crippen molar-refractivity contribution in [3.8, 4) is 0 Å². The molecule has 1 aromatic rings. The number of hydrogen-bond donors (Lipinski definition) is 2. The number of ether oxygens (including phenoxy) is 1. The molecule has 0 saturated carbocycles. The van der Waals surface area contributed by atoms with E-state index in [1.807, 2.05) is 5.01 Å². The maximum atomic E-state index is 11.2. The second kappa shape index (κ2) is 5.11. The molecule has 2 heterocycles. The fourth-order valence-corrected chi connectivity index (χ4v) is 1.74. The van der Waals surface area contributed by atoms with Gasteiger partial charge in [-0.3, -0.25) is 0 Å². The third kappa shape index (κ3) is 2.72. The number of pyridine rings is 1. The molecule has 17 heavy (non-hydrogen) atoms. The van der Waals surface area contributed by atoms with Crippen LogP contribution in [0.25, 0.3) is 0 Å². The second-order valence-electron chi connectivity index (χ2n) is 3.87. The summed E-state index contributed by atoms with van der Waals surface area (Å²) in [6.07, 6.45) is 1.60. The normalized spacial score (nSPS) is 16.8. The van der Waals surface area contributed by atoms with Gasteiger partial charge in [0.05, 0.1) is 13.2 Å². The van der Waals surface area contributed by atoms with Crippen molar-refractivity contribution in [2.45, 2.75) is 6.92 Å². The smallest absolute Gasteiger partial charge is 0.339 e. The number of nitrogens with zero attached hydrogens (tertiary/aromatic N) is 2. The van der Waals surface area contributed by atoms with Crippen LogP contribution in [0.5, 0.6) is 0 Å². The number of carboxylic acids is 1. The van der Waals surface area contributed by atoms with E-state index < -0.39 is 5.97 Å². The molecule has 6 nitrogen and oxygen atoms in total. The van der Waals surface area contributed by atoms with E-state index in [2.05, 4.69) is 10.4 Å². The Morgan fingerprint density at radius 3 is 2.88 bits per heavy atom. The highest BCUT2D eigenvalue weighted by atomic mass is 16.5. The van der Waals surface area contributed by atoms with Crippen LogP contribution in [0.2, 0.25) is 0 Å². The average molecular weight is 237 g/mol. The molecule has 0 atom stereocenters. The number of aromatic carboxylic acids is 1. The minimum Gasteiger partial charge on any atom is -0.478 e. The standard InChI is InChI=1S/C11H15N3O3/c1-8-2-3-12-10(9(8)11(15)16)13-14-4-6-17-7-5-14/h2-3H,4-7H2,1H3,(H,12,13)(H,15,16). The van der Waals surface area contributed by atoms with Crippen LogP contribution >= 0.6 is 0 Å². The molecule has 0 aromatic carbocycles. The Morgan fingerprint density at radius 1 is 1.53 bits per heavy atom. The minimum atomic E-state index is -0.966. The molecule has 0 bridgehead atoms. The number of hydrogen-bond acceptors (Lipinski definition) is 5. The average Bonchev–Trinajstić information content (AvgIpc) is 2.30. The molecule has 2 rings (SSSR count). The molecule has 6 heteroatoms. The van der Waals surface area contributed by atoms with E-state index in [9.17, 15) is 4.79 Å². The maximum absolute atomic E-state index is 11.2. The molecule has 0 amide bonds. The van der Waals surface area contributed by atoms with Gasteiger partial charge in [0.2, 0.25) is 0 Å². The number of carboxylic acid groups (broad SMARTS) is 1. The predicted octanol–water partition coefficient (Wildman–Crippen LogP) is 0.747. The van der Waals surface area contributed by atoms with Crippen molar-refractivity contribution < 1.29 is 14.6 Å². The Labute approximate surface area is 99.2 Å². The fraction of sp³-hybridized carbons (Fsp3) is 0.455. The number of hydrazine groups is 1. The summed E-state index contributed by atoms with van der Waals surface area (Å²) in [6, 6.07) is 1.69. The lowest BCUT2D eigenvalue weighted by Crippen LogP contribution is -2.40. The molecule has 2 N–H and O–H groups in total. The molecule has 92 valence electrons. The van der Waals surface area contributed by atoms with Crippen LogP contribution in [0.4, 0.5) is 5.82 Å². The van der Waals surface area contributed by atoms with Crippen molar-refractivity contribution in [1.29, 1.82) is 0 Å². The highest BCUT2D eigenvalue weighted by Crippen LogP contribution is 2.17. The van der Waals surface area contributed by atoms with Crippen molar-refractivity contribution in [1.82, 2.24) is 9.99 Å². The third-order valence-electron chi connectivity index (χ3n) is 2.65. The second-order valence-corrected chi connectivity index (χ2v) is 3.87. The van der Waals surface area contributed by atoms with Crippen molar-refractivity contribution in [3.05, 3.63) is 23.4 Å². The summed E-state index contributed by atoms with van der Waals surface area (Å²) in [6.45, 7) is 4.47. The van der Waals surface area contributed by atoms with Crippen LogP contribution in [0.1, 0.15) is 15.9 Å². The van der Waals surface area contributed by atoms with Gasteiger partial charge in [-0.15, -0.1) is 0 Å². The van der Waals surface area contributed by atoms with Crippen LogP contribution in [0.15, 0.2) is 12.3 Å². The lowest BCUT2D eigenvalue weighted by atomic mass is 10.1. The summed E-state index contributed by atoms with van der Waals surface area (Å²) in [5.74, 6) is -0.578. The zero-order valence-electron chi connectivity index (χ0n) is 9.64. The largest absolute Gasteiger partial charge is 0.478 e. The summed E-state index contributed by atoms with van der Waals surface area (Å²) in [4.78, 5) is 15.2. The molecule has 1 aromatic heterocycles. The summed E-state index contributed by atoms with van der Waals surface area (Å²) < 4.78 is 5.22. The van der Waals surface area contributed by atoms with Gasteiger partial charge < -0.3 is 15.3 Å². The number of anilines is 1. The molecule has 1 aliphatic heterocycles. The van der Waals surface area contributed by atoms with E-state index in [1.54, 1.807) is 19.2 Å². The number of carbonyl (C=O) groups is 1.